The molecule has 0 N–H and O–H groups in total. The zero-order chi connectivity index (χ0) is 18.0. The van der Waals surface area contributed by atoms with Crippen LogP contribution in [0, 0.1) is 6.92 Å². The maximum atomic E-state index is 2.46. The van der Waals surface area contributed by atoms with Crippen molar-refractivity contribution in [2.75, 3.05) is 0 Å². The molecule has 0 spiro atoms. The van der Waals surface area contributed by atoms with Crippen LogP contribution in [0.25, 0.3) is 49.1 Å². The van der Waals surface area contributed by atoms with Crippen LogP contribution in [0.1, 0.15) is 4.44 Å². The normalized spacial score (nSPS) is 11.9. The van der Waals surface area contributed by atoms with E-state index >= 15 is 0 Å². The molecule has 0 saturated heterocycles. The Labute approximate surface area is 173 Å². The van der Waals surface area contributed by atoms with E-state index in [1.165, 1.54) is 46.6 Å². The van der Waals surface area contributed by atoms with Gasteiger partial charge in [-0.25, -0.2) is 0 Å². The molecule has 0 aliphatic heterocycles. The third kappa shape index (κ3) is 2.72. The fourth-order valence-corrected chi connectivity index (χ4v) is 9.09. The second-order valence-corrected chi connectivity index (χ2v) is 13.0. The standard InChI is InChI=1S/C25H16SeTe/c1-15-7-21-10-17-9-20-13-25-22(11-18(20)8-19(17)12-23(21)26-15)14-24(27-25)16-5-3-2-4-6-16/h2-14H,1H3. The maximum absolute atomic E-state index is 2.46. The summed E-state index contributed by atoms with van der Waals surface area (Å²) >= 11 is 0.206. The zero-order valence-electron chi connectivity index (χ0n) is 14.8. The van der Waals surface area contributed by atoms with Gasteiger partial charge in [0.2, 0.25) is 0 Å². The third-order valence-corrected chi connectivity index (χ3v) is 10.6. The summed E-state index contributed by atoms with van der Waals surface area (Å²) in [7, 11) is 0. The molecular formula is C25H16SeTe. The van der Waals surface area contributed by atoms with Crippen LogP contribution in [-0.4, -0.2) is 34.9 Å². The fourth-order valence-electron chi connectivity index (χ4n) is 3.95. The van der Waals surface area contributed by atoms with Gasteiger partial charge in [0, 0.05) is 0 Å². The molecule has 0 atom stereocenters. The van der Waals surface area contributed by atoms with Crippen molar-refractivity contribution >= 4 is 74.9 Å². The topological polar surface area (TPSA) is 0 Å². The molecule has 128 valence electrons. The molecule has 6 rings (SSSR count). The molecule has 2 heterocycles. The number of rotatable bonds is 1. The Morgan fingerprint density at radius 2 is 1.30 bits per heavy atom. The minimum atomic E-state index is -0.303. The molecule has 0 bridgehead atoms. The van der Waals surface area contributed by atoms with Gasteiger partial charge in [0.25, 0.3) is 0 Å². The number of hydrogen-bond acceptors (Lipinski definition) is 0. The average molecular weight is 523 g/mol. The van der Waals surface area contributed by atoms with E-state index in [0.717, 1.165) is 0 Å². The molecule has 0 radical (unpaired) electrons. The van der Waals surface area contributed by atoms with Crippen LogP contribution in [0.4, 0.5) is 0 Å². The molecule has 0 fully saturated rings. The predicted octanol–water partition coefficient (Wildman–Crippen LogP) is 6.39. The van der Waals surface area contributed by atoms with E-state index in [-0.39, 0.29) is 20.4 Å². The molecule has 0 unspecified atom stereocenters. The van der Waals surface area contributed by atoms with Crippen molar-refractivity contribution in [3.63, 3.8) is 0 Å². The first-order valence-corrected chi connectivity index (χ1v) is 13.1. The monoisotopic (exact) mass is 526 g/mol. The van der Waals surface area contributed by atoms with Crippen LogP contribution in [0.3, 0.4) is 0 Å². The van der Waals surface area contributed by atoms with Gasteiger partial charge in [-0.15, -0.1) is 0 Å². The summed E-state index contributed by atoms with van der Waals surface area (Å²) in [4.78, 5) is 0. The van der Waals surface area contributed by atoms with E-state index < -0.39 is 0 Å². The van der Waals surface area contributed by atoms with Crippen LogP contribution in [0.15, 0.2) is 78.9 Å². The van der Waals surface area contributed by atoms with Crippen LogP contribution in [0.2, 0.25) is 0 Å². The Balaban J connectivity index is 1.61. The summed E-state index contributed by atoms with van der Waals surface area (Å²) in [6.07, 6.45) is 0. The Kier molecular flexibility index (Phi) is 3.65. The van der Waals surface area contributed by atoms with Gasteiger partial charge in [0.05, 0.1) is 0 Å². The molecule has 0 aliphatic rings. The number of benzene rings is 4. The second-order valence-electron chi connectivity index (χ2n) is 7.16. The molecule has 2 heteroatoms. The van der Waals surface area contributed by atoms with Crippen LogP contribution >= 0.6 is 0 Å². The molecule has 4 aromatic carbocycles. The van der Waals surface area contributed by atoms with E-state index in [0.29, 0.717) is 14.5 Å². The molecule has 0 nitrogen and oxygen atoms in total. The molecule has 0 aliphatic carbocycles. The van der Waals surface area contributed by atoms with Crippen molar-refractivity contribution in [2.24, 2.45) is 0 Å². The first kappa shape index (κ1) is 16.2. The minimum absolute atomic E-state index is 0.303. The van der Waals surface area contributed by atoms with Gasteiger partial charge >= 0.3 is 174 Å². The van der Waals surface area contributed by atoms with Crippen molar-refractivity contribution in [3.05, 3.63) is 83.3 Å². The van der Waals surface area contributed by atoms with Crippen molar-refractivity contribution in [2.45, 2.75) is 6.92 Å². The number of aryl methyl sites for hydroxylation is 1. The zero-order valence-corrected chi connectivity index (χ0v) is 18.9. The summed E-state index contributed by atoms with van der Waals surface area (Å²) < 4.78 is 6.19. The number of hydrogen-bond donors (Lipinski definition) is 0. The van der Waals surface area contributed by atoms with E-state index in [1.54, 1.807) is 6.98 Å². The quantitative estimate of drug-likeness (QED) is 0.173. The van der Waals surface area contributed by atoms with Crippen molar-refractivity contribution < 1.29 is 0 Å². The van der Waals surface area contributed by atoms with Crippen LogP contribution < -0.4 is 0 Å². The summed E-state index contributed by atoms with van der Waals surface area (Å²) in [5.41, 5.74) is 1.39. The molecule has 2 aromatic heterocycles. The summed E-state index contributed by atoms with van der Waals surface area (Å²) in [6.45, 7) is 2.26. The van der Waals surface area contributed by atoms with Gasteiger partial charge < -0.3 is 0 Å². The Bertz CT molecular complexity index is 1380. The van der Waals surface area contributed by atoms with Gasteiger partial charge in [0.15, 0.2) is 0 Å². The SMILES string of the molecule is Cc1cc2cc3cc4cc5[te]c(-c6ccccc6)cc5cc4cc3cc2[se]1. The predicted molar refractivity (Wildman–Crippen MR) is 121 cm³/mol. The fraction of sp³-hybridized carbons (Fsp3) is 0.0400. The van der Waals surface area contributed by atoms with E-state index in [1.807, 2.05) is 0 Å². The van der Waals surface area contributed by atoms with E-state index in [9.17, 15) is 0 Å². The van der Waals surface area contributed by atoms with Gasteiger partial charge in [-0.3, -0.25) is 0 Å². The molecule has 27 heavy (non-hydrogen) atoms. The second kappa shape index (κ2) is 6.10. The average Bonchev–Trinajstić information content (AvgIpc) is 3.24. The molecule has 0 amide bonds. The Hall–Kier alpha value is -1.81. The van der Waals surface area contributed by atoms with Gasteiger partial charge in [-0.05, 0) is 0 Å². The van der Waals surface area contributed by atoms with Crippen LogP contribution in [-0.2, 0) is 0 Å². The molecule has 0 saturated carbocycles. The summed E-state index contributed by atoms with van der Waals surface area (Å²) in [5, 5.41) is 8.38. The van der Waals surface area contributed by atoms with Gasteiger partial charge in [-0.1, -0.05) is 0 Å². The van der Waals surface area contributed by atoms with Crippen molar-refractivity contribution in [3.8, 4) is 9.14 Å². The van der Waals surface area contributed by atoms with Gasteiger partial charge in [-0.2, -0.15) is 0 Å². The van der Waals surface area contributed by atoms with E-state index in [2.05, 4.69) is 85.8 Å². The first-order chi connectivity index (χ1) is 13.2. The summed E-state index contributed by atoms with van der Waals surface area (Å²) in [6, 6.07) is 30.1. The molecular weight excluding hydrogens is 507 g/mol. The Morgan fingerprint density at radius 3 is 2.11 bits per heavy atom. The van der Waals surface area contributed by atoms with E-state index in [4.69, 9.17) is 0 Å². The third-order valence-electron chi connectivity index (χ3n) is 5.25. The Morgan fingerprint density at radius 1 is 0.630 bits per heavy atom. The van der Waals surface area contributed by atoms with Crippen molar-refractivity contribution in [1.82, 2.24) is 0 Å². The first-order valence-electron chi connectivity index (χ1n) is 9.10. The number of fused-ring (bicyclic) bond motifs is 4. The van der Waals surface area contributed by atoms with Gasteiger partial charge in [0.1, 0.15) is 0 Å². The summed E-state index contributed by atoms with van der Waals surface area (Å²) in [5.74, 6) is 0. The van der Waals surface area contributed by atoms with Crippen molar-refractivity contribution in [1.29, 1.82) is 0 Å². The van der Waals surface area contributed by atoms with Crippen LogP contribution in [0.5, 0.6) is 0 Å². The molecule has 6 aromatic rings.